The van der Waals surface area contributed by atoms with E-state index >= 15 is 0 Å². The van der Waals surface area contributed by atoms with Gasteiger partial charge in [-0.1, -0.05) is 6.92 Å². The average Bonchev–Trinajstić information content (AvgIpc) is 2.50. The first-order valence-electron chi connectivity index (χ1n) is 7.94. The predicted molar refractivity (Wildman–Crippen MR) is 86.5 cm³/mol. The van der Waals surface area contributed by atoms with Crippen LogP contribution in [0.1, 0.15) is 37.8 Å². The summed E-state index contributed by atoms with van der Waals surface area (Å²) < 4.78 is 51.7. The van der Waals surface area contributed by atoms with Crippen molar-refractivity contribution in [2.24, 2.45) is 5.92 Å². The molecule has 1 fully saturated rings. The molecule has 23 heavy (non-hydrogen) atoms. The highest BCUT2D eigenvalue weighted by Gasteiger charge is 2.25. The molecule has 1 saturated heterocycles. The van der Waals surface area contributed by atoms with Crippen molar-refractivity contribution < 1.29 is 17.2 Å². The number of hydrogen-bond acceptors (Lipinski definition) is 3. The zero-order chi connectivity index (χ0) is 17.0. The fraction of sp³-hybridized carbons (Fsp3) is 0.625. The van der Waals surface area contributed by atoms with Gasteiger partial charge in [0.1, 0.15) is 11.6 Å². The fourth-order valence-corrected chi connectivity index (χ4v) is 3.88. The van der Waals surface area contributed by atoms with E-state index < -0.39 is 21.7 Å². The minimum absolute atomic E-state index is 0.237. The predicted octanol–water partition coefficient (Wildman–Crippen LogP) is 2.68. The number of piperidine rings is 1. The maximum Gasteiger partial charge on any atom is 0.211 e. The van der Waals surface area contributed by atoms with Gasteiger partial charge >= 0.3 is 0 Å². The van der Waals surface area contributed by atoms with Crippen LogP contribution in [0.2, 0.25) is 0 Å². The van der Waals surface area contributed by atoms with Crippen LogP contribution in [0.5, 0.6) is 0 Å². The number of halogens is 2. The fourth-order valence-electron chi connectivity index (χ4n) is 3.01. The Labute approximate surface area is 136 Å². The lowest BCUT2D eigenvalue weighted by Crippen LogP contribution is -2.40. The Morgan fingerprint density at radius 2 is 1.96 bits per heavy atom. The first-order valence-corrected chi connectivity index (χ1v) is 9.79. The maximum atomic E-state index is 13.9. The molecule has 1 aliphatic heterocycles. The second-order valence-electron chi connectivity index (χ2n) is 6.14. The number of benzene rings is 1. The third-order valence-corrected chi connectivity index (χ3v) is 5.74. The van der Waals surface area contributed by atoms with Crippen LogP contribution in [0.4, 0.5) is 8.78 Å². The molecule has 0 radical (unpaired) electrons. The molecule has 0 saturated carbocycles. The van der Waals surface area contributed by atoms with Crippen molar-refractivity contribution in [2.45, 2.75) is 32.2 Å². The summed E-state index contributed by atoms with van der Waals surface area (Å²) in [6.45, 7) is 3.65. The topological polar surface area (TPSA) is 49.4 Å². The summed E-state index contributed by atoms with van der Waals surface area (Å²) in [5.74, 6) is -0.501. The Balaban J connectivity index is 1.91. The lowest BCUT2D eigenvalue weighted by atomic mass is 9.96. The summed E-state index contributed by atoms with van der Waals surface area (Å²) in [5.41, 5.74) is 0.348. The molecule has 7 heteroatoms. The van der Waals surface area contributed by atoms with Gasteiger partial charge in [0.25, 0.3) is 0 Å². The first-order chi connectivity index (χ1) is 10.8. The van der Waals surface area contributed by atoms with Gasteiger partial charge in [0.2, 0.25) is 10.0 Å². The lowest BCUT2D eigenvalue weighted by molar-refractivity contribution is 0.261. The monoisotopic (exact) mass is 346 g/mol. The molecular weight excluding hydrogens is 322 g/mol. The van der Waals surface area contributed by atoms with Crippen LogP contribution in [0.3, 0.4) is 0 Å². The minimum atomic E-state index is -3.12. The number of hydrogen-bond donors (Lipinski definition) is 1. The number of rotatable bonds is 6. The quantitative estimate of drug-likeness (QED) is 0.862. The van der Waals surface area contributed by atoms with Gasteiger partial charge in [-0.05, 0) is 49.9 Å². The smallest absolute Gasteiger partial charge is 0.211 e. The molecule has 2 rings (SSSR count). The van der Waals surface area contributed by atoms with E-state index in [0.29, 0.717) is 37.5 Å². The van der Waals surface area contributed by atoms with Crippen molar-refractivity contribution in [3.8, 4) is 0 Å². The van der Waals surface area contributed by atoms with Crippen molar-refractivity contribution in [3.05, 3.63) is 35.4 Å². The van der Waals surface area contributed by atoms with Crippen molar-refractivity contribution >= 4 is 10.0 Å². The minimum Gasteiger partial charge on any atom is -0.310 e. The average molecular weight is 346 g/mol. The number of nitrogens with zero attached hydrogens (tertiary/aromatic N) is 1. The van der Waals surface area contributed by atoms with Gasteiger partial charge in [-0.2, -0.15) is 0 Å². The zero-order valence-corrected chi connectivity index (χ0v) is 14.4. The second-order valence-corrected chi connectivity index (χ2v) is 8.12. The zero-order valence-electron chi connectivity index (χ0n) is 13.6. The Hall–Kier alpha value is -1.05. The van der Waals surface area contributed by atoms with E-state index in [2.05, 4.69) is 5.32 Å². The maximum absolute atomic E-state index is 13.9. The molecule has 0 aliphatic carbocycles. The van der Waals surface area contributed by atoms with Gasteiger partial charge in [0.15, 0.2) is 0 Å². The standard InChI is InChI=1S/C16H24F2N2O2S/c1-3-16(14-10-13(17)4-5-15(14)18)19-11-12-6-8-20(9-7-12)23(2,21)22/h4-5,10,12,16,19H,3,6-9,11H2,1-2H3. The SMILES string of the molecule is CCC(NCC1CCN(S(C)(=O)=O)CC1)c1cc(F)ccc1F. The normalized spacial score (nSPS) is 19.0. The van der Waals surface area contributed by atoms with Crippen LogP contribution in [0, 0.1) is 17.6 Å². The second kappa shape index (κ2) is 7.68. The molecule has 1 aromatic rings. The molecule has 130 valence electrons. The van der Waals surface area contributed by atoms with Crippen molar-refractivity contribution in [1.82, 2.24) is 9.62 Å². The van der Waals surface area contributed by atoms with Crippen molar-refractivity contribution in [2.75, 3.05) is 25.9 Å². The van der Waals surface area contributed by atoms with Gasteiger partial charge in [-0.25, -0.2) is 21.5 Å². The Morgan fingerprint density at radius 1 is 1.30 bits per heavy atom. The summed E-state index contributed by atoms with van der Waals surface area (Å²) in [5, 5.41) is 3.30. The Morgan fingerprint density at radius 3 is 2.52 bits per heavy atom. The molecule has 1 aliphatic rings. The van der Waals surface area contributed by atoms with Crippen LogP contribution >= 0.6 is 0 Å². The summed E-state index contributed by atoms with van der Waals surface area (Å²) in [7, 11) is -3.12. The summed E-state index contributed by atoms with van der Waals surface area (Å²) in [6.07, 6.45) is 3.44. The Kier molecular flexibility index (Phi) is 6.11. The third kappa shape index (κ3) is 4.96. The first kappa shape index (κ1) is 18.3. The van der Waals surface area contributed by atoms with Gasteiger partial charge < -0.3 is 5.32 Å². The molecule has 1 unspecified atom stereocenters. The summed E-state index contributed by atoms with van der Waals surface area (Å²) >= 11 is 0. The van der Waals surface area contributed by atoms with Crippen LogP contribution in [-0.2, 0) is 10.0 Å². The number of nitrogens with one attached hydrogen (secondary N) is 1. The highest BCUT2D eigenvalue weighted by atomic mass is 32.2. The molecular formula is C16H24F2N2O2S. The van der Waals surface area contributed by atoms with E-state index in [1.54, 1.807) is 0 Å². The highest BCUT2D eigenvalue weighted by Crippen LogP contribution is 2.23. The molecule has 4 nitrogen and oxygen atoms in total. The van der Waals surface area contributed by atoms with Crippen LogP contribution < -0.4 is 5.32 Å². The molecule has 1 atom stereocenters. The lowest BCUT2D eigenvalue weighted by Gasteiger charge is -2.31. The third-order valence-electron chi connectivity index (χ3n) is 4.44. The Bertz CT molecular complexity index is 629. The van der Waals surface area contributed by atoms with Crippen LogP contribution in [0.25, 0.3) is 0 Å². The van der Waals surface area contributed by atoms with Crippen LogP contribution in [-0.4, -0.2) is 38.6 Å². The molecule has 0 bridgehead atoms. The van der Waals surface area contributed by atoms with Gasteiger partial charge in [0.05, 0.1) is 6.26 Å². The summed E-state index contributed by atoms with van der Waals surface area (Å²) in [4.78, 5) is 0. The van der Waals surface area contributed by atoms with E-state index in [4.69, 9.17) is 0 Å². The molecule has 0 aromatic heterocycles. The van der Waals surface area contributed by atoms with Gasteiger partial charge in [-0.3, -0.25) is 0 Å². The van der Waals surface area contributed by atoms with Crippen molar-refractivity contribution in [3.63, 3.8) is 0 Å². The van der Waals surface area contributed by atoms with E-state index in [9.17, 15) is 17.2 Å². The molecule has 0 spiro atoms. The van der Waals surface area contributed by atoms with Gasteiger partial charge in [0, 0.05) is 24.7 Å². The molecule has 1 aromatic carbocycles. The molecule has 1 heterocycles. The molecule has 1 N–H and O–H groups in total. The summed E-state index contributed by atoms with van der Waals surface area (Å²) in [6, 6.07) is 3.27. The van der Waals surface area contributed by atoms with E-state index in [1.807, 2.05) is 6.92 Å². The largest absolute Gasteiger partial charge is 0.310 e. The highest BCUT2D eigenvalue weighted by molar-refractivity contribution is 7.88. The number of sulfonamides is 1. The van der Waals surface area contributed by atoms with Gasteiger partial charge in [-0.15, -0.1) is 0 Å². The van der Waals surface area contributed by atoms with E-state index in [0.717, 1.165) is 25.0 Å². The van der Waals surface area contributed by atoms with Crippen LogP contribution in [0.15, 0.2) is 18.2 Å². The van der Waals surface area contributed by atoms with E-state index in [1.165, 1.54) is 16.6 Å². The molecule has 0 amide bonds. The van der Waals surface area contributed by atoms with E-state index in [-0.39, 0.29) is 6.04 Å². The van der Waals surface area contributed by atoms with Crippen molar-refractivity contribution in [1.29, 1.82) is 0 Å².